The monoisotopic (exact) mass is 527 g/mol. The Labute approximate surface area is 221 Å². The van der Waals surface area contributed by atoms with E-state index < -0.39 is 5.97 Å². The highest BCUT2D eigenvalue weighted by Crippen LogP contribution is 2.39. The van der Waals surface area contributed by atoms with E-state index in [0.29, 0.717) is 17.0 Å². The first kappa shape index (κ1) is 29.0. The van der Waals surface area contributed by atoms with Gasteiger partial charge in [-0.2, -0.15) is 5.10 Å². The first-order valence-electron chi connectivity index (χ1n) is 11.3. The second-order valence-electron chi connectivity index (χ2n) is 9.40. The van der Waals surface area contributed by atoms with Crippen LogP contribution in [0.25, 0.3) is 10.4 Å². The molecule has 5 N–H and O–H groups in total. The van der Waals surface area contributed by atoms with Crippen molar-refractivity contribution >= 4 is 46.0 Å². The standard InChI is InChI=1S/C24H25N3O3S2.C3H8O/c1-14(26-27-23(31)25-18-7-5-6-16(12-18)22(29)30)19-13-32-21(20(19)28)15-8-10-17(11-9-15)24(2,3)4;1-3(2)4/h5-13,28H,1-4H3,(H,29,30)(H2,25,27,31);3-4H,1-2H3/b26-14+;. The summed E-state index contributed by atoms with van der Waals surface area (Å²) in [7, 11) is 0. The zero-order valence-electron chi connectivity index (χ0n) is 21.3. The number of rotatable bonds is 5. The SMILES string of the molecule is C/C(=N\NC(=S)Nc1cccc(C(=O)O)c1)c1csc(-c2ccc(C(C)(C)C)cc2)c1O.CC(C)O. The normalized spacial score (nSPS) is 11.5. The molecule has 3 rings (SSSR count). The summed E-state index contributed by atoms with van der Waals surface area (Å²) >= 11 is 6.68. The van der Waals surface area contributed by atoms with E-state index in [1.54, 1.807) is 32.9 Å². The lowest BCUT2D eigenvalue weighted by Crippen LogP contribution is -2.25. The fourth-order valence-corrected chi connectivity index (χ4v) is 4.19. The molecule has 1 aromatic heterocycles. The lowest BCUT2D eigenvalue weighted by molar-refractivity contribution is 0.0697. The molecule has 0 atom stereocenters. The minimum Gasteiger partial charge on any atom is -0.506 e. The molecule has 0 unspecified atom stereocenters. The van der Waals surface area contributed by atoms with Crippen LogP contribution in [0.4, 0.5) is 5.69 Å². The molecule has 36 heavy (non-hydrogen) atoms. The van der Waals surface area contributed by atoms with Crippen LogP contribution < -0.4 is 10.7 Å². The van der Waals surface area contributed by atoms with Gasteiger partial charge >= 0.3 is 5.97 Å². The van der Waals surface area contributed by atoms with Crippen LogP contribution in [0, 0.1) is 0 Å². The van der Waals surface area contributed by atoms with Crippen molar-refractivity contribution in [3.05, 3.63) is 70.6 Å². The van der Waals surface area contributed by atoms with E-state index in [1.165, 1.54) is 29.0 Å². The van der Waals surface area contributed by atoms with E-state index >= 15 is 0 Å². The van der Waals surface area contributed by atoms with Crippen molar-refractivity contribution in [2.24, 2.45) is 5.10 Å². The van der Waals surface area contributed by atoms with E-state index in [0.717, 1.165) is 10.4 Å². The Morgan fingerprint density at radius 1 is 1.11 bits per heavy atom. The van der Waals surface area contributed by atoms with Gasteiger partial charge in [0.1, 0.15) is 5.75 Å². The number of hydrazone groups is 1. The zero-order valence-corrected chi connectivity index (χ0v) is 22.9. The summed E-state index contributed by atoms with van der Waals surface area (Å²) in [6.07, 6.45) is -0.167. The van der Waals surface area contributed by atoms with Gasteiger partial charge < -0.3 is 20.6 Å². The summed E-state index contributed by atoms with van der Waals surface area (Å²) < 4.78 is 0. The lowest BCUT2D eigenvalue weighted by Gasteiger charge is -2.19. The molecule has 0 saturated heterocycles. The Kier molecular flexibility index (Phi) is 10.2. The van der Waals surface area contributed by atoms with Crippen molar-refractivity contribution in [1.82, 2.24) is 5.43 Å². The van der Waals surface area contributed by atoms with Gasteiger partial charge in [-0.15, -0.1) is 11.3 Å². The van der Waals surface area contributed by atoms with Gasteiger partial charge in [-0.25, -0.2) is 4.79 Å². The molecule has 3 aromatic rings. The number of nitrogens with zero attached hydrogens (tertiary/aromatic N) is 1. The second-order valence-corrected chi connectivity index (χ2v) is 10.7. The van der Waals surface area contributed by atoms with Crippen LogP contribution in [0.2, 0.25) is 0 Å². The molecule has 0 saturated carbocycles. The summed E-state index contributed by atoms with van der Waals surface area (Å²) in [4.78, 5) is 11.9. The first-order valence-corrected chi connectivity index (χ1v) is 12.6. The summed E-state index contributed by atoms with van der Waals surface area (Å²) in [6.45, 7) is 11.7. The molecular weight excluding hydrogens is 494 g/mol. The van der Waals surface area contributed by atoms with E-state index in [1.807, 2.05) is 17.5 Å². The van der Waals surface area contributed by atoms with Gasteiger partial charge in [-0.3, -0.25) is 5.43 Å². The third kappa shape index (κ3) is 8.44. The van der Waals surface area contributed by atoms with Gasteiger partial charge in [-0.05, 0) is 67.7 Å². The van der Waals surface area contributed by atoms with Gasteiger partial charge in [0.05, 0.1) is 21.7 Å². The predicted molar refractivity (Wildman–Crippen MR) is 152 cm³/mol. The fourth-order valence-electron chi connectivity index (χ4n) is 3.02. The van der Waals surface area contributed by atoms with Gasteiger partial charge in [0.2, 0.25) is 0 Å². The lowest BCUT2D eigenvalue weighted by atomic mass is 9.86. The average Bonchev–Trinajstić information content (AvgIpc) is 3.18. The minimum absolute atomic E-state index is 0.0670. The fraction of sp³-hybridized carbons (Fsp3) is 0.296. The van der Waals surface area contributed by atoms with Crippen LogP contribution in [0.3, 0.4) is 0 Å². The van der Waals surface area contributed by atoms with Crippen molar-refractivity contribution in [3.63, 3.8) is 0 Å². The number of aromatic hydroxyl groups is 1. The summed E-state index contributed by atoms with van der Waals surface area (Å²) in [5.74, 6) is -0.840. The summed E-state index contributed by atoms with van der Waals surface area (Å²) in [5.41, 5.74) is 6.86. The van der Waals surface area contributed by atoms with Crippen LogP contribution >= 0.6 is 23.6 Å². The number of hydrogen-bond donors (Lipinski definition) is 5. The molecule has 0 spiro atoms. The number of anilines is 1. The molecule has 0 aliphatic carbocycles. The van der Waals surface area contributed by atoms with E-state index in [9.17, 15) is 9.90 Å². The van der Waals surface area contributed by atoms with E-state index in [4.69, 9.17) is 22.4 Å². The number of carboxylic acid groups (broad SMARTS) is 1. The molecule has 0 amide bonds. The van der Waals surface area contributed by atoms with Gasteiger partial charge in [-0.1, -0.05) is 51.1 Å². The maximum absolute atomic E-state index is 11.1. The Bertz CT molecular complexity index is 1220. The highest BCUT2D eigenvalue weighted by atomic mass is 32.1. The quantitative estimate of drug-likeness (QED) is 0.152. The highest BCUT2D eigenvalue weighted by molar-refractivity contribution is 7.80. The third-order valence-corrected chi connectivity index (χ3v) is 6.07. The number of aromatic carboxylic acids is 1. The molecule has 0 fully saturated rings. The Morgan fingerprint density at radius 3 is 2.28 bits per heavy atom. The summed E-state index contributed by atoms with van der Waals surface area (Å²) in [5, 5.41) is 37.1. The minimum atomic E-state index is -1.02. The number of carboxylic acids is 1. The number of aliphatic hydroxyl groups is 1. The summed E-state index contributed by atoms with van der Waals surface area (Å²) in [6, 6.07) is 14.5. The van der Waals surface area contributed by atoms with Crippen LogP contribution in [-0.2, 0) is 5.41 Å². The van der Waals surface area contributed by atoms with Crippen molar-refractivity contribution < 1.29 is 20.1 Å². The van der Waals surface area contributed by atoms with Crippen LogP contribution in [0.1, 0.15) is 63.0 Å². The molecule has 0 bridgehead atoms. The molecule has 0 radical (unpaired) electrons. The zero-order chi connectivity index (χ0) is 27.0. The molecule has 7 nitrogen and oxygen atoms in total. The first-order chi connectivity index (χ1) is 16.8. The highest BCUT2D eigenvalue weighted by Gasteiger charge is 2.17. The van der Waals surface area contributed by atoms with Crippen molar-refractivity contribution in [1.29, 1.82) is 0 Å². The van der Waals surface area contributed by atoms with Crippen molar-refractivity contribution in [2.45, 2.75) is 53.1 Å². The smallest absolute Gasteiger partial charge is 0.335 e. The molecular formula is C27H33N3O4S2. The van der Waals surface area contributed by atoms with E-state index in [2.05, 4.69) is 48.7 Å². The van der Waals surface area contributed by atoms with Gasteiger partial charge in [0, 0.05) is 17.2 Å². The van der Waals surface area contributed by atoms with Crippen LogP contribution in [0.5, 0.6) is 5.75 Å². The average molecular weight is 528 g/mol. The van der Waals surface area contributed by atoms with Crippen LogP contribution in [0.15, 0.2) is 59.0 Å². The molecule has 9 heteroatoms. The number of thiocarbonyl (C=S) groups is 1. The molecule has 1 heterocycles. The molecule has 192 valence electrons. The molecule has 2 aromatic carbocycles. The Hall–Kier alpha value is -3.27. The van der Waals surface area contributed by atoms with Crippen molar-refractivity contribution in [3.8, 4) is 16.2 Å². The Balaban J connectivity index is 0.00000106. The van der Waals surface area contributed by atoms with Crippen LogP contribution in [-0.4, -0.2) is 38.2 Å². The van der Waals surface area contributed by atoms with Crippen molar-refractivity contribution in [2.75, 3.05) is 5.32 Å². The molecule has 0 aliphatic rings. The second kappa shape index (κ2) is 12.6. The number of benzene rings is 2. The number of thiophene rings is 1. The maximum Gasteiger partial charge on any atom is 0.335 e. The maximum atomic E-state index is 11.1. The number of hydrogen-bond acceptors (Lipinski definition) is 6. The number of carbonyl (C=O) groups is 1. The topological polar surface area (TPSA) is 114 Å². The Morgan fingerprint density at radius 2 is 1.72 bits per heavy atom. The third-order valence-electron chi connectivity index (χ3n) is 4.86. The number of aliphatic hydroxyl groups excluding tert-OH is 1. The van der Waals surface area contributed by atoms with Gasteiger partial charge in [0.15, 0.2) is 5.11 Å². The molecule has 0 aliphatic heterocycles. The predicted octanol–water partition coefficient (Wildman–Crippen LogP) is 6.21. The number of nitrogens with one attached hydrogen (secondary N) is 2. The largest absolute Gasteiger partial charge is 0.506 e. The van der Waals surface area contributed by atoms with Gasteiger partial charge in [0.25, 0.3) is 0 Å². The van der Waals surface area contributed by atoms with E-state index in [-0.39, 0.29) is 27.9 Å².